The zero-order chi connectivity index (χ0) is 8.04. The first-order valence-corrected chi connectivity index (χ1v) is 5.84. The molecular formula is C5H10Cl2O2S. The van der Waals surface area contributed by atoms with Gasteiger partial charge in [-0.2, -0.15) is 0 Å². The minimum Gasteiger partial charge on any atom is -0.229 e. The van der Waals surface area contributed by atoms with Crippen LogP contribution >= 0.6 is 23.2 Å². The summed E-state index contributed by atoms with van der Waals surface area (Å²) in [5.41, 5.74) is 0. The molecule has 0 bridgehead atoms. The van der Waals surface area contributed by atoms with Crippen LogP contribution in [0.5, 0.6) is 0 Å². The highest BCUT2D eigenvalue weighted by Gasteiger charge is 2.16. The molecule has 0 aliphatic carbocycles. The van der Waals surface area contributed by atoms with E-state index in [0.29, 0.717) is 11.5 Å². The van der Waals surface area contributed by atoms with E-state index in [-0.39, 0.29) is 5.34 Å². The van der Waals surface area contributed by atoms with Gasteiger partial charge in [0.25, 0.3) is 0 Å². The summed E-state index contributed by atoms with van der Waals surface area (Å²) < 4.78 is 20.9. The Morgan fingerprint density at radius 1 is 1.10 bits per heavy atom. The van der Waals surface area contributed by atoms with Crippen molar-refractivity contribution < 1.29 is 8.42 Å². The number of alkyl halides is 2. The molecular weight excluding hydrogens is 195 g/mol. The highest BCUT2D eigenvalue weighted by Crippen LogP contribution is 2.08. The molecule has 0 aromatic heterocycles. The molecule has 0 radical (unpaired) electrons. The first kappa shape index (κ1) is 10.5. The Morgan fingerprint density at radius 2 is 1.40 bits per heavy atom. The molecule has 0 atom stereocenters. The van der Waals surface area contributed by atoms with Crippen LogP contribution < -0.4 is 0 Å². The number of halogens is 2. The molecule has 0 aromatic rings. The molecule has 0 N–H and O–H groups in total. The maximum Gasteiger partial charge on any atom is 0.150 e. The van der Waals surface area contributed by atoms with Crippen molar-refractivity contribution in [2.24, 2.45) is 0 Å². The minimum absolute atomic E-state index is 0.194. The van der Waals surface area contributed by atoms with Gasteiger partial charge in [-0.1, -0.05) is 0 Å². The van der Waals surface area contributed by atoms with Crippen LogP contribution in [-0.4, -0.2) is 25.3 Å². The molecule has 1 rings (SSSR count). The number of sulfone groups is 1. The fourth-order valence-electron chi connectivity index (χ4n) is 0.746. The zero-order valence-electron chi connectivity index (χ0n) is 5.52. The van der Waals surface area contributed by atoms with Gasteiger partial charge in [0.2, 0.25) is 0 Å². The van der Waals surface area contributed by atoms with Crippen LogP contribution in [-0.2, 0) is 9.84 Å². The lowest BCUT2D eigenvalue weighted by Crippen LogP contribution is -1.98. The van der Waals surface area contributed by atoms with Crippen LogP contribution in [0.4, 0.5) is 0 Å². The van der Waals surface area contributed by atoms with Gasteiger partial charge in [-0.25, -0.2) is 8.42 Å². The van der Waals surface area contributed by atoms with E-state index < -0.39 is 9.84 Å². The Balaban J connectivity index is 0.000000236. The Hall–Kier alpha value is 0.530. The lowest BCUT2D eigenvalue weighted by atomic mass is 10.4. The third-order valence-electron chi connectivity index (χ3n) is 1.16. The molecule has 0 saturated carbocycles. The second-order valence-corrected chi connectivity index (χ2v) is 5.07. The molecule has 0 aromatic carbocycles. The van der Waals surface area contributed by atoms with Crippen molar-refractivity contribution >= 4 is 33.0 Å². The lowest BCUT2D eigenvalue weighted by Gasteiger charge is -1.81. The molecule has 1 aliphatic heterocycles. The van der Waals surface area contributed by atoms with E-state index in [9.17, 15) is 8.42 Å². The monoisotopic (exact) mass is 204 g/mol. The second kappa shape index (κ2) is 5.22. The van der Waals surface area contributed by atoms with Crippen molar-refractivity contribution in [1.29, 1.82) is 0 Å². The van der Waals surface area contributed by atoms with Crippen LogP contribution in [0.1, 0.15) is 12.8 Å². The lowest BCUT2D eigenvalue weighted by molar-refractivity contribution is 0.602. The summed E-state index contributed by atoms with van der Waals surface area (Å²) in [6.07, 6.45) is 1.75. The van der Waals surface area contributed by atoms with Crippen molar-refractivity contribution in [1.82, 2.24) is 0 Å². The van der Waals surface area contributed by atoms with Crippen LogP contribution in [0.3, 0.4) is 0 Å². The van der Waals surface area contributed by atoms with Gasteiger partial charge in [-0.15, -0.1) is 23.2 Å². The summed E-state index contributed by atoms with van der Waals surface area (Å²) >= 11 is 9.53. The average Bonchev–Trinajstić information content (AvgIpc) is 2.16. The SMILES string of the molecule is ClCCl.O=S1(=O)CCCC1. The van der Waals surface area contributed by atoms with E-state index >= 15 is 0 Å². The topological polar surface area (TPSA) is 34.1 Å². The molecule has 0 amide bonds. The predicted octanol–water partition coefficient (Wildman–Crippen LogP) is 1.62. The molecule has 62 valence electrons. The van der Waals surface area contributed by atoms with E-state index in [1.54, 1.807) is 0 Å². The minimum atomic E-state index is -2.55. The van der Waals surface area contributed by atoms with Gasteiger partial charge in [0, 0.05) is 0 Å². The maximum absolute atomic E-state index is 10.4. The summed E-state index contributed by atoms with van der Waals surface area (Å²) in [6, 6.07) is 0. The standard InChI is InChI=1S/C4H8O2S.CH2Cl2/c5-7(6)3-1-2-4-7;2-1-3/h1-4H2;1H2. The second-order valence-electron chi connectivity index (χ2n) is 1.96. The molecule has 0 unspecified atom stereocenters. The number of hydrogen-bond acceptors (Lipinski definition) is 2. The molecule has 1 aliphatic rings. The van der Waals surface area contributed by atoms with Crippen molar-refractivity contribution in [3.8, 4) is 0 Å². The summed E-state index contributed by atoms with van der Waals surface area (Å²) in [5.74, 6) is 0.847. The largest absolute Gasteiger partial charge is 0.229 e. The Labute approximate surface area is 71.4 Å². The van der Waals surface area contributed by atoms with Gasteiger partial charge < -0.3 is 0 Å². The van der Waals surface area contributed by atoms with Gasteiger partial charge in [-0.3, -0.25) is 0 Å². The molecule has 1 fully saturated rings. The summed E-state index contributed by atoms with van der Waals surface area (Å²) in [5, 5.41) is 0.194. The van der Waals surface area contributed by atoms with Crippen LogP contribution in [0.15, 0.2) is 0 Å². The van der Waals surface area contributed by atoms with Gasteiger partial charge >= 0.3 is 0 Å². The van der Waals surface area contributed by atoms with E-state index in [1.165, 1.54) is 0 Å². The fraction of sp³-hybridized carbons (Fsp3) is 1.00. The third kappa shape index (κ3) is 5.33. The maximum atomic E-state index is 10.4. The molecule has 10 heavy (non-hydrogen) atoms. The number of rotatable bonds is 0. The molecule has 5 heteroatoms. The van der Waals surface area contributed by atoms with E-state index in [2.05, 4.69) is 0 Å². The first-order valence-electron chi connectivity index (χ1n) is 2.95. The molecule has 2 nitrogen and oxygen atoms in total. The summed E-state index contributed by atoms with van der Waals surface area (Å²) in [7, 11) is -2.55. The normalized spacial score (nSPS) is 21.4. The van der Waals surface area contributed by atoms with Gasteiger partial charge in [0.05, 0.1) is 16.8 Å². The van der Waals surface area contributed by atoms with Gasteiger partial charge in [0.15, 0.2) is 0 Å². The third-order valence-corrected chi connectivity index (χ3v) is 2.98. The smallest absolute Gasteiger partial charge is 0.150 e. The van der Waals surface area contributed by atoms with Crippen molar-refractivity contribution in [3.63, 3.8) is 0 Å². The van der Waals surface area contributed by atoms with Crippen LogP contribution in [0.2, 0.25) is 0 Å². The molecule has 1 saturated heterocycles. The van der Waals surface area contributed by atoms with E-state index in [4.69, 9.17) is 23.2 Å². The van der Waals surface area contributed by atoms with Crippen molar-refractivity contribution in [2.75, 3.05) is 16.8 Å². The Bertz CT molecular complexity index is 152. The molecule has 0 spiro atoms. The van der Waals surface area contributed by atoms with Gasteiger partial charge in [-0.05, 0) is 12.8 Å². The fourth-order valence-corrected chi connectivity index (χ4v) is 2.24. The van der Waals surface area contributed by atoms with Crippen molar-refractivity contribution in [2.45, 2.75) is 12.8 Å². The molecule has 1 heterocycles. The van der Waals surface area contributed by atoms with Crippen LogP contribution in [0, 0.1) is 0 Å². The van der Waals surface area contributed by atoms with E-state index in [0.717, 1.165) is 12.8 Å². The summed E-state index contributed by atoms with van der Waals surface area (Å²) in [6.45, 7) is 0. The van der Waals surface area contributed by atoms with Gasteiger partial charge in [0.1, 0.15) is 9.84 Å². The average molecular weight is 205 g/mol. The highest BCUT2D eigenvalue weighted by molar-refractivity contribution is 7.91. The van der Waals surface area contributed by atoms with Crippen LogP contribution in [0.25, 0.3) is 0 Å². The quantitative estimate of drug-likeness (QED) is 0.563. The van der Waals surface area contributed by atoms with E-state index in [1.807, 2.05) is 0 Å². The zero-order valence-corrected chi connectivity index (χ0v) is 7.84. The Morgan fingerprint density at radius 3 is 1.50 bits per heavy atom. The highest BCUT2D eigenvalue weighted by atomic mass is 35.5. The van der Waals surface area contributed by atoms with Crippen molar-refractivity contribution in [3.05, 3.63) is 0 Å². The first-order chi connectivity index (χ1) is 4.62. The Kier molecular flexibility index (Phi) is 5.49. The number of hydrogen-bond donors (Lipinski definition) is 0. The predicted molar refractivity (Wildman–Crippen MR) is 44.5 cm³/mol. The summed E-state index contributed by atoms with van der Waals surface area (Å²) in [4.78, 5) is 0.